The average Bonchev–Trinajstić information content (AvgIpc) is 2.97. The van der Waals surface area contributed by atoms with Gasteiger partial charge in [0.1, 0.15) is 11.8 Å². The first-order valence-corrected chi connectivity index (χ1v) is 12.6. The lowest BCUT2D eigenvalue weighted by Crippen LogP contribution is -2.34. The van der Waals surface area contributed by atoms with E-state index in [0.29, 0.717) is 39.4 Å². The molecule has 1 unspecified atom stereocenters. The molecule has 4 rings (SSSR count). The van der Waals surface area contributed by atoms with Gasteiger partial charge >= 0.3 is 6.09 Å². The predicted octanol–water partition coefficient (Wildman–Crippen LogP) is 5.59. The van der Waals surface area contributed by atoms with Gasteiger partial charge in [0, 0.05) is 40.0 Å². The van der Waals surface area contributed by atoms with E-state index in [0.717, 1.165) is 5.56 Å². The van der Waals surface area contributed by atoms with Gasteiger partial charge in [0.15, 0.2) is 6.29 Å². The second kappa shape index (κ2) is 12.8. The van der Waals surface area contributed by atoms with Crippen molar-refractivity contribution >= 4 is 41.3 Å². The second-order valence-corrected chi connectivity index (χ2v) is 9.18. The molecule has 0 bridgehead atoms. The smallest absolute Gasteiger partial charge is 0.411 e. The van der Waals surface area contributed by atoms with E-state index in [1.165, 1.54) is 31.0 Å². The molecular formula is C30H26ClN3O6. The topological polar surface area (TPSA) is 116 Å². The van der Waals surface area contributed by atoms with Crippen LogP contribution in [-0.2, 0) is 16.0 Å². The van der Waals surface area contributed by atoms with E-state index in [-0.39, 0.29) is 12.2 Å². The third kappa shape index (κ3) is 6.57. The van der Waals surface area contributed by atoms with Crippen LogP contribution in [0.5, 0.6) is 5.75 Å². The van der Waals surface area contributed by atoms with E-state index in [1.807, 2.05) is 30.3 Å². The highest BCUT2D eigenvalue weighted by atomic mass is 35.5. The number of methoxy groups -OCH3 is 2. The van der Waals surface area contributed by atoms with E-state index in [9.17, 15) is 19.2 Å². The van der Waals surface area contributed by atoms with Crippen molar-refractivity contribution in [2.75, 3.05) is 24.9 Å². The molecule has 0 fully saturated rings. The van der Waals surface area contributed by atoms with E-state index < -0.39 is 23.6 Å². The summed E-state index contributed by atoms with van der Waals surface area (Å²) in [5.74, 6) is -0.153. The number of halogens is 1. The van der Waals surface area contributed by atoms with E-state index in [2.05, 4.69) is 15.4 Å². The molecule has 0 saturated heterocycles. The number of aldehydes is 1. The van der Waals surface area contributed by atoms with E-state index >= 15 is 0 Å². The molecule has 0 saturated carbocycles. The number of carbonyl (C=O) groups excluding carboxylic acids is 3. The summed E-state index contributed by atoms with van der Waals surface area (Å²) in [5, 5.41) is 5.78. The Bertz CT molecular complexity index is 1590. The van der Waals surface area contributed by atoms with Gasteiger partial charge in [-0.15, -0.1) is 0 Å². The highest BCUT2D eigenvalue weighted by Gasteiger charge is 2.25. The second-order valence-electron chi connectivity index (χ2n) is 8.74. The molecule has 4 aromatic rings. The molecule has 0 spiro atoms. The number of hydrogen-bond donors (Lipinski definition) is 2. The molecule has 1 atom stereocenters. The van der Waals surface area contributed by atoms with Crippen molar-refractivity contribution in [2.24, 2.45) is 0 Å². The predicted molar refractivity (Wildman–Crippen MR) is 153 cm³/mol. The maximum atomic E-state index is 13.6. The van der Waals surface area contributed by atoms with Crippen molar-refractivity contribution in [3.8, 4) is 16.9 Å². The van der Waals surface area contributed by atoms with Crippen LogP contribution in [0.4, 0.5) is 16.2 Å². The third-order valence-electron chi connectivity index (χ3n) is 6.19. The van der Waals surface area contributed by atoms with E-state index in [1.54, 1.807) is 42.5 Å². The number of ether oxygens (including phenoxy) is 2. The number of anilines is 2. The zero-order chi connectivity index (χ0) is 28.6. The fourth-order valence-corrected chi connectivity index (χ4v) is 4.37. The van der Waals surface area contributed by atoms with Crippen LogP contribution in [0.1, 0.15) is 22.0 Å². The molecule has 1 aromatic heterocycles. The normalized spacial score (nSPS) is 11.3. The molecule has 0 aliphatic carbocycles. The van der Waals surface area contributed by atoms with Crippen LogP contribution in [0, 0.1) is 0 Å². The number of pyridine rings is 1. The fraction of sp³-hybridized carbons (Fsp3) is 0.133. The summed E-state index contributed by atoms with van der Waals surface area (Å²) in [6.45, 7) is 0. The van der Waals surface area contributed by atoms with Crippen LogP contribution < -0.4 is 20.9 Å². The van der Waals surface area contributed by atoms with Gasteiger partial charge in [-0.2, -0.15) is 0 Å². The van der Waals surface area contributed by atoms with Crippen LogP contribution in [0.3, 0.4) is 0 Å². The van der Waals surface area contributed by atoms with Crippen molar-refractivity contribution < 1.29 is 23.9 Å². The summed E-state index contributed by atoms with van der Waals surface area (Å²) in [4.78, 5) is 50.2. The highest BCUT2D eigenvalue weighted by Crippen LogP contribution is 2.33. The Labute approximate surface area is 235 Å². The standard InChI is InChI=1S/C30H26ClN3O6/c1-39-27-17-34(28(36)16-25(27)24-15-21(31)9-8-20(24)18-35)26(14-19-6-4-3-5-7-19)29(37)32-22-10-12-23(13-11-22)33-30(38)40-2/h3-13,15-18,26H,14H2,1-2H3,(H,32,37)(H,33,38). The van der Waals surface area contributed by atoms with Crippen LogP contribution in [0.25, 0.3) is 11.1 Å². The number of benzene rings is 3. The van der Waals surface area contributed by atoms with Gasteiger partial charge in [-0.25, -0.2) is 4.79 Å². The number of nitrogens with one attached hydrogen (secondary N) is 2. The Morgan fingerprint density at radius 1 is 0.925 bits per heavy atom. The van der Waals surface area contributed by atoms with Crippen molar-refractivity contribution in [1.82, 2.24) is 4.57 Å². The number of hydrogen-bond acceptors (Lipinski definition) is 6. The SMILES string of the molecule is COC(=O)Nc1ccc(NC(=O)C(Cc2ccccc2)n2cc(OC)c(-c3cc(Cl)ccc3C=O)cc2=O)cc1. The third-order valence-corrected chi connectivity index (χ3v) is 6.43. The molecule has 2 N–H and O–H groups in total. The summed E-state index contributed by atoms with van der Waals surface area (Å²) >= 11 is 6.17. The Morgan fingerprint density at radius 3 is 2.23 bits per heavy atom. The molecule has 2 amide bonds. The van der Waals surface area contributed by atoms with Crippen LogP contribution in [-0.4, -0.2) is 37.1 Å². The van der Waals surface area contributed by atoms with Crippen LogP contribution >= 0.6 is 11.6 Å². The zero-order valence-electron chi connectivity index (χ0n) is 21.7. The van der Waals surface area contributed by atoms with E-state index in [4.69, 9.17) is 16.3 Å². The maximum absolute atomic E-state index is 13.6. The van der Waals surface area contributed by atoms with Gasteiger partial charge in [-0.3, -0.25) is 24.3 Å². The van der Waals surface area contributed by atoms with Crippen molar-refractivity contribution in [3.63, 3.8) is 0 Å². The van der Waals surface area contributed by atoms with Crippen molar-refractivity contribution in [2.45, 2.75) is 12.5 Å². The van der Waals surface area contributed by atoms with Gasteiger partial charge in [0.05, 0.1) is 20.4 Å². The summed E-state index contributed by atoms with van der Waals surface area (Å²) in [6, 6.07) is 20.9. The number of rotatable bonds is 9. The van der Waals surface area contributed by atoms with Gasteiger partial charge in [0.25, 0.3) is 5.56 Å². The summed E-state index contributed by atoms with van der Waals surface area (Å²) in [6.07, 6.45) is 1.74. The largest absolute Gasteiger partial charge is 0.495 e. The first-order chi connectivity index (χ1) is 19.3. The molecule has 9 nitrogen and oxygen atoms in total. The Hall–Kier alpha value is -4.89. The lowest BCUT2D eigenvalue weighted by molar-refractivity contribution is -0.119. The minimum atomic E-state index is -0.948. The number of amides is 2. The number of nitrogens with zero attached hydrogens (tertiary/aromatic N) is 1. The lowest BCUT2D eigenvalue weighted by Gasteiger charge is -2.22. The molecular weight excluding hydrogens is 534 g/mol. The monoisotopic (exact) mass is 559 g/mol. The molecule has 204 valence electrons. The molecule has 0 aliphatic heterocycles. The zero-order valence-corrected chi connectivity index (χ0v) is 22.5. The average molecular weight is 560 g/mol. The maximum Gasteiger partial charge on any atom is 0.411 e. The molecule has 0 radical (unpaired) electrons. The number of aromatic nitrogens is 1. The minimum Gasteiger partial charge on any atom is -0.495 e. The van der Waals surface area contributed by atoms with Crippen LogP contribution in [0.2, 0.25) is 5.02 Å². The first-order valence-electron chi connectivity index (χ1n) is 12.2. The van der Waals surface area contributed by atoms with Crippen LogP contribution in [0.15, 0.2) is 89.9 Å². The van der Waals surface area contributed by atoms with Gasteiger partial charge < -0.3 is 14.8 Å². The molecule has 40 heavy (non-hydrogen) atoms. The Kier molecular flexibility index (Phi) is 8.98. The fourth-order valence-electron chi connectivity index (χ4n) is 4.20. The molecule has 10 heteroatoms. The van der Waals surface area contributed by atoms with Crippen molar-refractivity contribution in [3.05, 3.63) is 112 Å². The Balaban J connectivity index is 1.72. The van der Waals surface area contributed by atoms with Gasteiger partial charge in [-0.05, 0) is 53.6 Å². The molecule has 3 aromatic carbocycles. The van der Waals surface area contributed by atoms with Gasteiger partial charge in [0.2, 0.25) is 5.91 Å². The van der Waals surface area contributed by atoms with Crippen molar-refractivity contribution in [1.29, 1.82) is 0 Å². The quantitative estimate of drug-likeness (QED) is 0.258. The lowest BCUT2D eigenvalue weighted by atomic mass is 9.99. The molecule has 1 heterocycles. The molecule has 0 aliphatic rings. The summed E-state index contributed by atoms with van der Waals surface area (Å²) in [7, 11) is 2.70. The number of carbonyl (C=O) groups is 3. The first kappa shape index (κ1) is 28.1. The summed E-state index contributed by atoms with van der Waals surface area (Å²) < 4.78 is 11.5. The summed E-state index contributed by atoms with van der Waals surface area (Å²) in [5.41, 5.74) is 2.47. The Morgan fingerprint density at radius 2 is 1.60 bits per heavy atom. The van der Waals surface area contributed by atoms with Gasteiger partial charge in [-0.1, -0.05) is 41.9 Å². The highest BCUT2D eigenvalue weighted by molar-refractivity contribution is 6.31. The minimum absolute atomic E-state index is 0.216.